The van der Waals surface area contributed by atoms with Crippen molar-refractivity contribution in [3.05, 3.63) is 48.3 Å². The molecule has 0 aliphatic carbocycles. The minimum Gasteiger partial charge on any atom is -0.327 e. The molecule has 0 amide bonds. The van der Waals surface area contributed by atoms with Crippen molar-refractivity contribution < 1.29 is 4.39 Å². The van der Waals surface area contributed by atoms with E-state index in [4.69, 9.17) is 5.73 Å². The first-order valence-corrected chi connectivity index (χ1v) is 6.11. The quantitative estimate of drug-likeness (QED) is 0.589. The maximum absolute atomic E-state index is 12.9. The van der Waals surface area contributed by atoms with Crippen molar-refractivity contribution in [1.29, 1.82) is 0 Å². The molecule has 0 spiro atoms. The van der Waals surface area contributed by atoms with E-state index in [0.717, 1.165) is 24.8 Å². The summed E-state index contributed by atoms with van der Waals surface area (Å²) in [7, 11) is 0. The van der Waals surface area contributed by atoms with Gasteiger partial charge in [0.2, 0.25) is 0 Å². The fourth-order valence-electron chi connectivity index (χ4n) is 1.94. The Bertz CT molecular complexity index is 354. The van der Waals surface area contributed by atoms with Crippen LogP contribution in [0.1, 0.15) is 38.7 Å². The molecule has 0 radical (unpaired) electrons. The molecule has 94 valence electrons. The van der Waals surface area contributed by atoms with Gasteiger partial charge in [0, 0.05) is 11.5 Å². The Morgan fingerprint density at radius 2 is 1.94 bits per heavy atom. The second-order valence-electron chi connectivity index (χ2n) is 5.05. The van der Waals surface area contributed by atoms with Gasteiger partial charge >= 0.3 is 0 Å². The summed E-state index contributed by atoms with van der Waals surface area (Å²) < 4.78 is 12.9. The van der Waals surface area contributed by atoms with Crippen molar-refractivity contribution in [3.8, 4) is 0 Å². The highest BCUT2D eigenvalue weighted by Gasteiger charge is 2.27. The van der Waals surface area contributed by atoms with Crippen LogP contribution >= 0.6 is 0 Å². The third-order valence-corrected chi connectivity index (χ3v) is 3.44. The van der Waals surface area contributed by atoms with Gasteiger partial charge in [-0.15, -0.1) is 6.58 Å². The van der Waals surface area contributed by atoms with Crippen LogP contribution in [0.2, 0.25) is 0 Å². The highest BCUT2D eigenvalue weighted by atomic mass is 19.1. The molecule has 2 N–H and O–H groups in total. The molecule has 2 heteroatoms. The number of nitrogens with two attached hydrogens (primary N) is 1. The molecule has 0 aliphatic rings. The summed E-state index contributed by atoms with van der Waals surface area (Å²) in [6, 6.07) is 6.71. The van der Waals surface area contributed by atoms with E-state index in [-0.39, 0.29) is 17.3 Å². The Hall–Kier alpha value is -1.15. The van der Waals surface area contributed by atoms with Crippen molar-refractivity contribution in [2.24, 2.45) is 5.73 Å². The van der Waals surface area contributed by atoms with Gasteiger partial charge in [-0.1, -0.05) is 32.1 Å². The number of halogens is 1. The zero-order valence-electron chi connectivity index (χ0n) is 10.7. The van der Waals surface area contributed by atoms with Crippen LogP contribution in [0.15, 0.2) is 36.9 Å². The molecule has 1 aromatic carbocycles. The van der Waals surface area contributed by atoms with Gasteiger partial charge < -0.3 is 5.73 Å². The van der Waals surface area contributed by atoms with E-state index in [1.54, 1.807) is 0 Å². The molecule has 0 saturated heterocycles. The lowest BCUT2D eigenvalue weighted by atomic mass is 9.76. The van der Waals surface area contributed by atoms with Gasteiger partial charge in [0.15, 0.2) is 0 Å². The van der Waals surface area contributed by atoms with Gasteiger partial charge in [0.25, 0.3) is 0 Å². The average molecular weight is 235 g/mol. The topological polar surface area (TPSA) is 26.0 Å². The van der Waals surface area contributed by atoms with Crippen LogP contribution in [0, 0.1) is 5.82 Å². The molecule has 0 aliphatic heterocycles. The number of hydrogen-bond donors (Lipinski definition) is 1. The number of rotatable bonds is 6. The maximum Gasteiger partial charge on any atom is 0.123 e. The summed E-state index contributed by atoms with van der Waals surface area (Å²) in [6.07, 6.45) is 4.91. The predicted molar refractivity (Wildman–Crippen MR) is 71.4 cm³/mol. The predicted octanol–water partition coefficient (Wildman–Crippen LogP) is 3.79. The minimum absolute atomic E-state index is 0.0768. The molecule has 1 aromatic rings. The summed E-state index contributed by atoms with van der Waals surface area (Å²) in [5, 5.41) is 0. The van der Waals surface area contributed by atoms with Crippen molar-refractivity contribution in [1.82, 2.24) is 0 Å². The molecular formula is C15H22FN. The molecule has 1 nitrogen and oxygen atoms in total. The summed E-state index contributed by atoms with van der Waals surface area (Å²) in [5.41, 5.74) is 7.19. The van der Waals surface area contributed by atoms with Gasteiger partial charge in [-0.3, -0.25) is 0 Å². The van der Waals surface area contributed by atoms with Crippen LogP contribution in [0.25, 0.3) is 0 Å². The number of unbranched alkanes of at least 4 members (excludes halogenated alkanes) is 1. The molecular weight excluding hydrogens is 213 g/mol. The van der Waals surface area contributed by atoms with Crippen LogP contribution in [0.3, 0.4) is 0 Å². The van der Waals surface area contributed by atoms with Crippen molar-refractivity contribution in [3.63, 3.8) is 0 Å². The summed E-state index contributed by atoms with van der Waals surface area (Å²) in [6.45, 7) is 7.92. The first-order chi connectivity index (χ1) is 7.98. The molecule has 0 saturated carbocycles. The van der Waals surface area contributed by atoms with Crippen LogP contribution in [0.4, 0.5) is 4.39 Å². The van der Waals surface area contributed by atoms with Gasteiger partial charge in [-0.2, -0.15) is 0 Å². The Balaban J connectivity index is 2.71. The second kappa shape index (κ2) is 5.97. The molecule has 1 unspecified atom stereocenters. The van der Waals surface area contributed by atoms with Crippen LogP contribution in [-0.4, -0.2) is 6.04 Å². The number of hydrogen-bond acceptors (Lipinski definition) is 1. The maximum atomic E-state index is 12.9. The largest absolute Gasteiger partial charge is 0.327 e. The highest BCUT2D eigenvalue weighted by Crippen LogP contribution is 2.28. The first-order valence-electron chi connectivity index (χ1n) is 6.11. The molecule has 17 heavy (non-hydrogen) atoms. The lowest BCUT2D eigenvalue weighted by molar-refractivity contribution is 0.381. The fraction of sp³-hybridized carbons (Fsp3) is 0.467. The Kier molecular flexibility index (Phi) is 4.88. The van der Waals surface area contributed by atoms with Crippen LogP contribution in [-0.2, 0) is 5.41 Å². The van der Waals surface area contributed by atoms with Gasteiger partial charge in [-0.05, 0) is 37.0 Å². The van der Waals surface area contributed by atoms with E-state index in [1.807, 2.05) is 18.2 Å². The lowest BCUT2D eigenvalue weighted by Crippen LogP contribution is -2.40. The molecule has 1 rings (SSSR count). The third kappa shape index (κ3) is 3.67. The molecule has 1 atom stereocenters. The third-order valence-electron chi connectivity index (χ3n) is 3.44. The average Bonchev–Trinajstić information content (AvgIpc) is 2.29. The zero-order valence-corrected chi connectivity index (χ0v) is 10.7. The van der Waals surface area contributed by atoms with Gasteiger partial charge in [0.1, 0.15) is 5.82 Å². The molecule has 0 aromatic heterocycles. The standard InChI is InChI=1S/C15H22FN/c1-4-5-6-7-14(17)15(2,3)12-8-10-13(16)11-9-12/h4,8-11,14H,1,5-7,17H2,2-3H3. The van der Waals surface area contributed by atoms with E-state index in [2.05, 4.69) is 20.4 Å². The molecule has 0 heterocycles. The smallest absolute Gasteiger partial charge is 0.123 e. The highest BCUT2D eigenvalue weighted by molar-refractivity contribution is 5.26. The molecule has 0 fully saturated rings. The van der Waals surface area contributed by atoms with E-state index in [0.29, 0.717) is 0 Å². The zero-order chi connectivity index (χ0) is 12.9. The van der Waals surface area contributed by atoms with E-state index in [1.165, 1.54) is 12.1 Å². The molecule has 0 bridgehead atoms. The fourth-order valence-corrected chi connectivity index (χ4v) is 1.94. The first kappa shape index (κ1) is 13.9. The van der Waals surface area contributed by atoms with E-state index < -0.39 is 0 Å². The van der Waals surface area contributed by atoms with Crippen molar-refractivity contribution in [2.45, 2.75) is 44.6 Å². The summed E-state index contributed by atoms with van der Waals surface area (Å²) in [4.78, 5) is 0. The van der Waals surface area contributed by atoms with Crippen LogP contribution in [0.5, 0.6) is 0 Å². The number of benzene rings is 1. The second-order valence-corrected chi connectivity index (χ2v) is 5.05. The van der Waals surface area contributed by atoms with Crippen LogP contribution < -0.4 is 5.73 Å². The van der Waals surface area contributed by atoms with E-state index >= 15 is 0 Å². The Labute approximate surface area is 104 Å². The number of allylic oxidation sites excluding steroid dienone is 1. The van der Waals surface area contributed by atoms with Gasteiger partial charge in [0.05, 0.1) is 0 Å². The van der Waals surface area contributed by atoms with E-state index in [9.17, 15) is 4.39 Å². The van der Waals surface area contributed by atoms with Crippen molar-refractivity contribution in [2.75, 3.05) is 0 Å². The Morgan fingerprint density at radius 1 is 1.35 bits per heavy atom. The minimum atomic E-state index is -0.204. The SMILES string of the molecule is C=CCCCC(N)C(C)(C)c1ccc(F)cc1. The van der Waals surface area contributed by atoms with Gasteiger partial charge in [-0.25, -0.2) is 4.39 Å². The summed E-state index contributed by atoms with van der Waals surface area (Å²) >= 11 is 0. The lowest BCUT2D eigenvalue weighted by Gasteiger charge is -2.32. The normalized spacial score (nSPS) is 13.4. The summed E-state index contributed by atoms with van der Waals surface area (Å²) in [5.74, 6) is -0.204. The Morgan fingerprint density at radius 3 is 2.47 bits per heavy atom. The van der Waals surface area contributed by atoms with Crippen molar-refractivity contribution >= 4 is 0 Å². The monoisotopic (exact) mass is 235 g/mol.